The number of fused-ring (bicyclic) bond motifs is 1. The molecule has 9 heteroatoms. The predicted molar refractivity (Wildman–Crippen MR) is 115 cm³/mol. The second kappa shape index (κ2) is 9.99. The van der Waals surface area contributed by atoms with E-state index in [9.17, 15) is 14.4 Å². The highest BCUT2D eigenvalue weighted by molar-refractivity contribution is 6.05. The summed E-state index contributed by atoms with van der Waals surface area (Å²) >= 11 is 0. The number of hydrogen-bond acceptors (Lipinski definition) is 6. The Balaban J connectivity index is 1.77. The third kappa shape index (κ3) is 4.96. The van der Waals surface area contributed by atoms with Crippen LogP contribution >= 0.6 is 0 Å². The number of pyridine rings is 1. The summed E-state index contributed by atoms with van der Waals surface area (Å²) in [6.45, 7) is 11.0. The van der Waals surface area contributed by atoms with E-state index in [1.165, 1.54) is 4.57 Å². The van der Waals surface area contributed by atoms with Gasteiger partial charge in [-0.3, -0.25) is 24.0 Å². The van der Waals surface area contributed by atoms with Crippen molar-refractivity contribution < 1.29 is 9.53 Å². The zero-order valence-corrected chi connectivity index (χ0v) is 18.0. The van der Waals surface area contributed by atoms with Gasteiger partial charge in [-0.05, 0) is 38.3 Å². The molecule has 30 heavy (non-hydrogen) atoms. The van der Waals surface area contributed by atoms with Gasteiger partial charge in [-0.15, -0.1) is 0 Å². The van der Waals surface area contributed by atoms with Gasteiger partial charge in [0.15, 0.2) is 5.65 Å². The molecule has 0 spiro atoms. The zero-order chi connectivity index (χ0) is 21.7. The fraction of sp³-hybridized carbons (Fsp3) is 0.619. The van der Waals surface area contributed by atoms with Crippen molar-refractivity contribution in [3.8, 4) is 0 Å². The highest BCUT2D eigenvalue weighted by atomic mass is 16.5. The molecule has 3 heterocycles. The lowest BCUT2D eigenvalue weighted by Gasteiger charge is -2.26. The molecule has 0 radical (unpaired) electrons. The number of H-pyrrole nitrogens is 1. The molecular weight excluding hydrogens is 386 g/mol. The lowest BCUT2D eigenvalue weighted by molar-refractivity contribution is 0.0372. The molecule has 0 atom stereocenters. The second-order valence-corrected chi connectivity index (χ2v) is 7.87. The maximum atomic E-state index is 12.9. The number of aryl methyl sites for hydroxylation is 1. The van der Waals surface area contributed by atoms with Crippen molar-refractivity contribution in [1.82, 2.24) is 24.8 Å². The summed E-state index contributed by atoms with van der Waals surface area (Å²) in [5.41, 5.74) is 0.0975. The number of nitrogens with one attached hydrogen (secondary N) is 2. The van der Waals surface area contributed by atoms with E-state index in [2.05, 4.69) is 20.2 Å². The van der Waals surface area contributed by atoms with E-state index in [4.69, 9.17) is 4.74 Å². The molecule has 2 N–H and O–H groups in total. The first-order valence-corrected chi connectivity index (χ1v) is 10.7. The van der Waals surface area contributed by atoms with Gasteiger partial charge in [-0.1, -0.05) is 13.8 Å². The Morgan fingerprint density at radius 2 is 2.00 bits per heavy atom. The third-order valence-electron chi connectivity index (χ3n) is 5.41. The van der Waals surface area contributed by atoms with E-state index in [1.807, 2.05) is 13.8 Å². The van der Waals surface area contributed by atoms with E-state index >= 15 is 0 Å². The number of rotatable bonds is 8. The fourth-order valence-corrected chi connectivity index (χ4v) is 3.64. The molecule has 0 unspecified atom stereocenters. The second-order valence-electron chi connectivity index (χ2n) is 7.87. The Hall–Kier alpha value is -2.52. The monoisotopic (exact) mass is 417 g/mol. The minimum Gasteiger partial charge on any atom is -0.379 e. The van der Waals surface area contributed by atoms with Crippen LogP contribution in [-0.2, 0) is 11.3 Å². The predicted octanol–water partition coefficient (Wildman–Crippen LogP) is 1.07. The zero-order valence-electron chi connectivity index (χ0n) is 18.0. The van der Waals surface area contributed by atoms with Crippen molar-refractivity contribution >= 4 is 16.9 Å². The molecule has 1 amide bonds. The number of morpholine rings is 1. The largest absolute Gasteiger partial charge is 0.379 e. The van der Waals surface area contributed by atoms with Gasteiger partial charge >= 0.3 is 5.69 Å². The Morgan fingerprint density at radius 1 is 1.27 bits per heavy atom. The van der Waals surface area contributed by atoms with Gasteiger partial charge in [-0.25, -0.2) is 9.78 Å². The number of carbonyl (C=O) groups excluding carboxylic acids is 1. The molecule has 0 saturated carbocycles. The maximum absolute atomic E-state index is 12.9. The minimum atomic E-state index is -0.583. The molecular formula is C21H31N5O4. The van der Waals surface area contributed by atoms with Crippen LogP contribution in [0.15, 0.2) is 15.7 Å². The number of unbranched alkanes of at least 4 members (excludes halogenated alkanes) is 1. The molecule has 0 bridgehead atoms. The lowest BCUT2D eigenvalue weighted by Crippen LogP contribution is -2.37. The van der Waals surface area contributed by atoms with Crippen LogP contribution in [0.2, 0.25) is 0 Å². The van der Waals surface area contributed by atoms with Crippen LogP contribution in [0.5, 0.6) is 0 Å². The van der Waals surface area contributed by atoms with E-state index in [1.54, 1.807) is 13.0 Å². The summed E-state index contributed by atoms with van der Waals surface area (Å²) < 4.78 is 6.74. The Bertz CT molecular complexity index is 1000. The summed E-state index contributed by atoms with van der Waals surface area (Å²) in [6.07, 6.45) is 1.82. The molecule has 0 aromatic carbocycles. The van der Waals surface area contributed by atoms with E-state index < -0.39 is 11.2 Å². The topological polar surface area (TPSA) is 109 Å². The lowest BCUT2D eigenvalue weighted by atomic mass is 10.0. The van der Waals surface area contributed by atoms with Crippen molar-refractivity contribution in [2.75, 3.05) is 39.4 Å². The smallest absolute Gasteiger partial charge is 0.329 e. The molecule has 1 aliphatic heterocycles. The van der Waals surface area contributed by atoms with Crippen molar-refractivity contribution in [2.24, 2.45) is 0 Å². The molecule has 2 aromatic rings. The van der Waals surface area contributed by atoms with Crippen LogP contribution in [0.4, 0.5) is 0 Å². The van der Waals surface area contributed by atoms with Gasteiger partial charge < -0.3 is 10.1 Å². The van der Waals surface area contributed by atoms with E-state index in [0.717, 1.165) is 45.7 Å². The van der Waals surface area contributed by atoms with E-state index in [0.29, 0.717) is 18.8 Å². The first kappa shape index (κ1) is 22.2. The fourth-order valence-electron chi connectivity index (χ4n) is 3.64. The van der Waals surface area contributed by atoms with Crippen molar-refractivity contribution in [3.05, 3.63) is 38.2 Å². The number of hydrogen-bond donors (Lipinski definition) is 2. The van der Waals surface area contributed by atoms with Gasteiger partial charge in [0.2, 0.25) is 0 Å². The average molecular weight is 418 g/mol. The van der Waals surface area contributed by atoms with Crippen molar-refractivity contribution in [2.45, 2.75) is 46.1 Å². The standard InChI is InChI=1S/C21H31N5O4/c1-4-26-18-17(20(28)24-21(26)29)15(13-16(23-18)14(2)3)19(27)22-7-5-6-8-25-9-11-30-12-10-25/h13-14H,4-12H2,1-3H3,(H,22,27)(H,24,28,29). The van der Waals surface area contributed by atoms with Crippen LogP contribution in [0, 0.1) is 0 Å². The quantitative estimate of drug-likeness (QED) is 0.622. The summed E-state index contributed by atoms with van der Waals surface area (Å²) in [5, 5.41) is 3.08. The van der Waals surface area contributed by atoms with Gasteiger partial charge in [0.25, 0.3) is 11.5 Å². The normalized spacial score (nSPS) is 15.1. The van der Waals surface area contributed by atoms with Crippen LogP contribution < -0.4 is 16.6 Å². The number of aromatic nitrogens is 3. The third-order valence-corrected chi connectivity index (χ3v) is 5.41. The number of ether oxygens (including phenoxy) is 1. The summed E-state index contributed by atoms with van der Waals surface area (Å²) in [6, 6.07) is 1.66. The van der Waals surface area contributed by atoms with Crippen LogP contribution in [0.1, 0.15) is 55.6 Å². The minimum absolute atomic E-state index is 0.0502. The average Bonchev–Trinajstić information content (AvgIpc) is 2.73. The first-order valence-electron chi connectivity index (χ1n) is 10.7. The molecule has 3 rings (SSSR count). The van der Waals surface area contributed by atoms with Gasteiger partial charge in [0, 0.05) is 31.9 Å². The van der Waals surface area contributed by atoms with Crippen molar-refractivity contribution in [1.29, 1.82) is 0 Å². The van der Waals surface area contributed by atoms with Crippen LogP contribution in [0.3, 0.4) is 0 Å². The number of carbonyl (C=O) groups is 1. The molecule has 1 fully saturated rings. The summed E-state index contributed by atoms with van der Waals surface area (Å²) in [7, 11) is 0. The highest BCUT2D eigenvalue weighted by Gasteiger charge is 2.20. The van der Waals surface area contributed by atoms with E-state index in [-0.39, 0.29) is 28.4 Å². The van der Waals surface area contributed by atoms with Crippen molar-refractivity contribution in [3.63, 3.8) is 0 Å². The molecule has 2 aromatic heterocycles. The van der Waals surface area contributed by atoms with Gasteiger partial charge in [-0.2, -0.15) is 0 Å². The molecule has 1 aliphatic rings. The number of nitrogens with zero attached hydrogens (tertiary/aromatic N) is 3. The van der Waals surface area contributed by atoms with Gasteiger partial charge in [0.05, 0.1) is 24.2 Å². The summed E-state index contributed by atoms with van der Waals surface area (Å²) in [4.78, 5) is 46.8. The van der Waals surface area contributed by atoms with Crippen LogP contribution in [0.25, 0.3) is 11.0 Å². The Labute approximate surface area is 175 Å². The SMILES string of the molecule is CCn1c(=O)[nH]c(=O)c2c(C(=O)NCCCCN3CCOCC3)cc(C(C)C)nc21. The molecule has 164 valence electrons. The maximum Gasteiger partial charge on any atom is 0.329 e. The molecule has 0 aliphatic carbocycles. The molecule has 9 nitrogen and oxygen atoms in total. The Morgan fingerprint density at radius 3 is 2.67 bits per heavy atom. The Kier molecular flexibility index (Phi) is 7.38. The number of amides is 1. The number of aromatic amines is 1. The molecule has 1 saturated heterocycles. The summed E-state index contributed by atoms with van der Waals surface area (Å²) in [5.74, 6) is -0.267. The van der Waals surface area contributed by atoms with Gasteiger partial charge in [0.1, 0.15) is 0 Å². The first-order chi connectivity index (χ1) is 14.4. The van der Waals surface area contributed by atoms with Crippen LogP contribution in [-0.4, -0.2) is 64.7 Å². The highest BCUT2D eigenvalue weighted by Crippen LogP contribution is 2.19.